The zero-order valence-corrected chi connectivity index (χ0v) is 11.2. The number of nitrogens with one attached hydrogen (secondary N) is 1. The van der Waals surface area contributed by atoms with Gasteiger partial charge in [0.05, 0.1) is 5.75 Å². The Morgan fingerprint density at radius 2 is 2.19 bits per heavy atom. The van der Waals surface area contributed by atoms with E-state index in [1.54, 1.807) is 11.4 Å². The van der Waals surface area contributed by atoms with Gasteiger partial charge in [-0.2, -0.15) is 0 Å². The molecule has 0 bridgehead atoms. The molecular weight excluding hydrogens is 224 g/mol. The first kappa shape index (κ1) is 13.9. The van der Waals surface area contributed by atoms with Gasteiger partial charge in [-0.05, 0) is 38.3 Å². The van der Waals surface area contributed by atoms with E-state index < -0.39 is 10.0 Å². The summed E-state index contributed by atoms with van der Waals surface area (Å²) in [7, 11) is -1.31. The Morgan fingerprint density at radius 3 is 2.75 bits per heavy atom. The Kier molecular flexibility index (Phi) is 5.72. The topological polar surface area (TPSA) is 49.4 Å². The number of rotatable bonds is 6. The largest absolute Gasteiger partial charge is 0.316 e. The van der Waals surface area contributed by atoms with Crippen LogP contribution in [0.25, 0.3) is 0 Å². The molecule has 1 aliphatic rings. The third-order valence-corrected chi connectivity index (χ3v) is 5.05. The highest BCUT2D eigenvalue weighted by Gasteiger charge is 2.22. The molecule has 1 N–H and O–H groups in total. The van der Waals surface area contributed by atoms with Gasteiger partial charge < -0.3 is 5.32 Å². The molecule has 1 aliphatic heterocycles. The van der Waals surface area contributed by atoms with E-state index >= 15 is 0 Å². The van der Waals surface area contributed by atoms with Gasteiger partial charge in [-0.3, -0.25) is 0 Å². The first-order valence-corrected chi connectivity index (χ1v) is 7.82. The molecule has 0 saturated carbocycles. The second kappa shape index (κ2) is 6.57. The highest BCUT2D eigenvalue weighted by Crippen LogP contribution is 2.13. The van der Waals surface area contributed by atoms with E-state index in [4.69, 9.17) is 0 Å². The minimum atomic E-state index is -3.02. The van der Waals surface area contributed by atoms with Crippen molar-refractivity contribution in [1.29, 1.82) is 0 Å². The van der Waals surface area contributed by atoms with E-state index in [9.17, 15) is 8.42 Å². The summed E-state index contributed by atoms with van der Waals surface area (Å²) in [6.45, 7) is 4.70. The Balaban J connectivity index is 2.40. The fourth-order valence-electron chi connectivity index (χ4n) is 2.04. The minimum absolute atomic E-state index is 0.292. The summed E-state index contributed by atoms with van der Waals surface area (Å²) in [5, 5.41) is 3.31. The number of hydrogen-bond donors (Lipinski definition) is 1. The second-order valence-electron chi connectivity index (χ2n) is 4.66. The molecule has 1 fully saturated rings. The van der Waals surface area contributed by atoms with Crippen LogP contribution in [0.4, 0.5) is 0 Å². The van der Waals surface area contributed by atoms with Gasteiger partial charge in [0.25, 0.3) is 0 Å². The molecular formula is C11H24N2O2S. The van der Waals surface area contributed by atoms with Crippen molar-refractivity contribution in [2.75, 3.05) is 32.4 Å². The van der Waals surface area contributed by atoms with Crippen LogP contribution < -0.4 is 5.32 Å². The lowest BCUT2D eigenvalue weighted by Gasteiger charge is -2.27. The van der Waals surface area contributed by atoms with Crippen LogP contribution >= 0.6 is 0 Å². The van der Waals surface area contributed by atoms with Crippen LogP contribution in [0.5, 0.6) is 0 Å². The zero-order valence-electron chi connectivity index (χ0n) is 10.4. The lowest BCUT2D eigenvalue weighted by molar-refractivity contribution is 0.314. The van der Waals surface area contributed by atoms with Crippen molar-refractivity contribution < 1.29 is 8.42 Å². The molecule has 0 spiro atoms. The molecule has 1 saturated heterocycles. The maximum atomic E-state index is 11.9. The number of sulfonamides is 1. The molecule has 1 unspecified atom stereocenters. The van der Waals surface area contributed by atoms with Crippen molar-refractivity contribution >= 4 is 10.0 Å². The lowest BCUT2D eigenvalue weighted by Crippen LogP contribution is -2.39. The third-order valence-electron chi connectivity index (χ3n) is 3.14. The van der Waals surface area contributed by atoms with E-state index in [2.05, 4.69) is 5.32 Å². The molecule has 1 atom stereocenters. The van der Waals surface area contributed by atoms with Gasteiger partial charge in [0.15, 0.2) is 0 Å². The summed E-state index contributed by atoms with van der Waals surface area (Å²) in [6.07, 6.45) is 3.99. The number of nitrogens with zero attached hydrogens (tertiary/aromatic N) is 1. The van der Waals surface area contributed by atoms with Crippen molar-refractivity contribution in [3.63, 3.8) is 0 Å². The normalized spacial score (nSPS) is 22.6. The summed E-state index contributed by atoms with van der Waals surface area (Å²) in [5.41, 5.74) is 0. The molecule has 0 radical (unpaired) electrons. The van der Waals surface area contributed by atoms with E-state index in [0.29, 0.717) is 18.2 Å². The maximum Gasteiger partial charge on any atom is 0.213 e. The monoisotopic (exact) mass is 248 g/mol. The van der Waals surface area contributed by atoms with Crippen molar-refractivity contribution in [3.05, 3.63) is 0 Å². The summed E-state index contributed by atoms with van der Waals surface area (Å²) < 4.78 is 25.3. The van der Waals surface area contributed by atoms with Crippen molar-refractivity contribution in [2.45, 2.75) is 32.6 Å². The van der Waals surface area contributed by atoms with Crippen LogP contribution in [0.1, 0.15) is 32.6 Å². The maximum absolute atomic E-state index is 11.9. The fourth-order valence-corrected chi connectivity index (χ4v) is 3.44. The lowest BCUT2D eigenvalue weighted by atomic mass is 10.00. The van der Waals surface area contributed by atoms with E-state index in [1.165, 1.54) is 0 Å². The van der Waals surface area contributed by atoms with Crippen molar-refractivity contribution in [3.8, 4) is 0 Å². The summed E-state index contributed by atoms with van der Waals surface area (Å²) in [6, 6.07) is 0. The van der Waals surface area contributed by atoms with Crippen molar-refractivity contribution in [1.82, 2.24) is 9.62 Å². The van der Waals surface area contributed by atoms with Gasteiger partial charge in [0.1, 0.15) is 0 Å². The molecule has 0 aromatic carbocycles. The smallest absolute Gasteiger partial charge is 0.213 e. The van der Waals surface area contributed by atoms with Crippen LogP contribution in [-0.4, -0.2) is 45.2 Å². The molecule has 5 heteroatoms. The molecule has 96 valence electrons. The van der Waals surface area contributed by atoms with Gasteiger partial charge in [-0.15, -0.1) is 0 Å². The summed E-state index contributed by atoms with van der Waals surface area (Å²) in [5.74, 6) is 0.773. The van der Waals surface area contributed by atoms with Crippen LogP contribution in [0.2, 0.25) is 0 Å². The Labute approximate surface area is 99.5 Å². The van der Waals surface area contributed by atoms with Crippen molar-refractivity contribution in [2.24, 2.45) is 5.92 Å². The molecule has 0 aliphatic carbocycles. The Hall–Kier alpha value is -0.130. The standard InChI is InChI=1S/C11H24N2O2S/c1-3-4-8-16(14,15)13(2)10-11-6-5-7-12-9-11/h11-12H,3-10H2,1-2H3. The first-order chi connectivity index (χ1) is 7.56. The summed E-state index contributed by atoms with van der Waals surface area (Å²) in [4.78, 5) is 0. The minimum Gasteiger partial charge on any atom is -0.316 e. The number of piperidine rings is 1. The molecule has 4 nitrogen and oxygen atoms in total. The molecule has 0 amide bonds. The van der Waals surface area contributed by atoms with E-state index in [-0.39, 0.29) is 0 Å². The highest BCUT2D eigenvalue weighted by molar-refractivity contribution is 7.89. The van der Waals surface area contributed by atoms with Crippen LogP contribution in [0, 0.1) is 5.92 Å². The predicted octanol–water partition coefficient (Wildman–Crippen LogP) is 1.05. The van der Waals surface area contributed by atoms with Gasteiger partial charge in [0, 0.05) is 13.6 Å². The Morgan fingerprint density at radius 1 is 1.44 bits per heavy atom. The Bertz CT molecular complexity index is 284. The van der Waals surface area contributed by atoms with Crippen LogP contribution in [0.15, 0.2) is 0 Å². The molecule has 1 rings (SSSR count). The third kappa shape index (κ3) is 4.39. The SMILES string of the molecule is CCCCS(=O)(=O)N(C)CC1CCCNC1. The molecule has 0 aromatic rings. The molecule has 16 heavy (non-hydrogen) atoms. The fraction of sp³-hybridized carbons (Fsp3) is 1.00. The summed E-state index contributed by atoms with van der Waals surface area (Å²) >= 11 is 0. The average Bonchev–Trinajstić information content (AvgIpc) is 2.28. The predicted molar refractivity (Wildman–Crippen MR) is 66.9 cm³/mol. The van der Waals surface area contributed by atoms with E-state index in [1.807, 2.05) is 6.92 Å². The zero-order chi connectivity index (χ0) is 12.0. The van der Waals surface area contributed by atoms with Gasteiger partial charge >= 0.3 is 0 Å². The van der Waals surface area contributed by atoms with Gasteiger partial charge in [0.2, 0.25) is 10.0 Å². The van der Waals surface area contributed by atoms with Gasteiger partial charge in [-0.25, -0.2) is 12.7 Å². The second-order valence-corrected chi connectivity index (χ2v) is 6.86. The number of hydrogen-bond acceptors (Lipinski definition) is 3. The van der Waals surface area contributed by atoms with Gasteiger partial charge in [-0.1, -0.05) is 13.3 Å². The van der Waals surface area contributed by atoms with Crippen LogP contribution in [0.3, 0.4) is 0 Å². The highest BCUT2D eigenvalue weighted by atomic mass is 32.2. The van der Waals surface area contributed by atoms with Crippen LogP contribution in [-0.2, 0) is 10.0 Å². The van der Waals surface area contributed by atoms with E-state index in [0.717, 1.165) is 38.8 Å². The average molecular weight is 248 g/mol. The molecule has 1 heterocycles. The number of unbranched alkanes of at least 4 members (excludes halogenated alkanes) is 1. The molecule has 0 aromatic heterocycles. The first-order valence-electron chi connectivity index (χ1n) is 6.21. The quantitative estimate of drug-likeness (QED) is 0.764.